The van der Waals surface area contributed by atoms with Crippen LogP contribution in [0.4, 0.5) is 5.13 Å². The summed E-state index contributed by atoms with van der Waals surface area (Å²) in [5.74, 6) is 0.610. The fourth-order valence-electron chi connectivity index (χ4n) is 3.83. The molecular formula is C20H25N7O3S2. The van der Waals surface area contributed by atoms with E-state index in [1.807, 2.05) is 6.92 Å². The molecule has 0 atom stereocenters. The topological polar surface area (TPSA) is 125 Å². The van der Waals surface area contributed by atoms with Crippen molar-refractivity contribution in [3.05, 3.63) is 31.7 Å². The fourth-order valence-corrected chi connectivity index (χ4v) is 5.35. The lowest BCUT2D eigenvalue weighted by molar-refractivity contribution is -0.113. The van der Waals surface area contributed by atoms with E-state index in [4.69, 9.17) is 4.98 Å². The van der Waals surface area contributed by atoms with Gasteiger partial charge in [-0.3, -0.25) is 24.0 Å². The number of thioether (sulfide) groups is 1. The Labute approximate surface area is 192 Å². The second-order valence-corrected chi connectivity index (χ2v) is 9.84. The Bertz CT molecular complexity index is 1270. The van der Waals surface area contributed by atoms with Gasteiger partial charge in [0.1, 0.15) is 21.2 Å². The van der Waals surface area contributed by atoms with Gasteiger partial charge in [-0.1, -0.05) is 49.3 Å². The van der Waals surface area contributed by atoms with E-state index in [1.165, 1.54) is 41.1 Å². The van der Waals surface area contributed by atoms with Gasteiger partial charge in [-0.15, -0.1) is 10.2 Å². The van der Waals surface area contributed by atoms with E-state index in [-0.39, 0.29) is 23.0 Å². The summed E-state index contributed by atoms with van der Waals surface area (Å²) in [4.78, 5) is 47.3. The minimum atomic E-state index is -0.460. The third kappa shape index (κ3) is 4.46. The number of nitrogens with zero attached hydrogens (tertiary/aromatic N) is 6. The standard InChI is InChI=1S/C20H25N7O3S2/c1-4-13-24-25-19(32-13)21-12(28)10-31-17-14-16(26(2)20(30)27(3)18(14)29)22-15(23-17)11-8-6-5-7-9-11/h11H,4-10H2,1-3H3,(H,21,25,28). The van der Waals surface area contributed by atoms with Gasteiger partial charge < -0.3 is 0 Å². The summed E-state index contributed by atoms with van der Waals surface area (Å²) in [6, 6.07) is 0. The second kappa shape index (κ2) is 9.49. The molecule has 12 heteroatoms. The van der Waals surface area contributed by atoms with E-state index in [2.05, 4.69) is 20.5 Å². The number of aromatic nitrogens is 6. The minimum absolute atomic E-state index is 0.0449. The van der Waals surface area contributed by atoms with Crippen LogP contribution in [0.2, 0.25) is 0 Å². The maximum Gasteiger partial charge on any atom is 0.332 e. The molecule has 32 heavy (non-hydrogen) atoms. The first-order valence-electron chi connectivity index (χ1n) is 10.6. The van der Waals surface area contributed by atoms with E-state index in [0.717, 1.165) is 41.7 Å². The molecule has 0 spiro atoms. The summed E-state index contributed by atoms with van der Waals surface area (Å²) in [6.07, 6.45) is 6.11. The van der Waals surface area contributed by atoms with Crippen LogP contribution in [-0.2, 0) is 25.3 Å². The summed E-state index contributed by atoms with van der Waals surface area (Å²) < 4.78 is 2.42. The predicted octanol–water partition coefficient (Wildman–Crippen LogP) is 2.22. The first-order chi connectivity index (χ1) is 15.4. The van der Waals surface area contributed by atoms with Crippen LogP contribution >= 0.6 is 23.1 Å². The van der Waals surface area contributed by atoms with E-state index in [0.29, 0.717) is 21.6 Å². The zero-order chi connectivity index (χ0) is 22.8. The Morgan fingerprint density at radius 3 is 2.56 bits per heavy atom. The highest BCUT2D eigenvalue weighted by Gasteiger charge is 2.23. The van der Waals surface area contributed by atoms with Crippen molar-refractivity contribution in [2.45, 2.75) is 56.4 Å². The number of amides is 1. The Hall–Kier alpha value is -2.60. The number of hydrogen-bond donors (Lipinski definition) is 1. The molecule has 3 aromatic heterocycles. The lowest BCUT2D eigenvalue weighted by Gasteiger charge is -2.21. The van der Waals surface area contributed by atoms with E-state index in [9.17, 15) is 14.4 Å². The Morgan fingerprint density at radius 1 is 1.12 bits per heavy atom. The lowest BCUT2D eigenvalue weighted by Crippen LogP contribution is -2.38. The van der Waals surface area contributed by atoms with Crippen LogP contribution in [0.3, 0.4) is 0 Å². The minimum Gasteiger partial charge on any atom is -0.300 e. The molecule has 3 aromatic rings. The van der Waals surface area contributed by atoms with Gasteiger partial charge in [0.15, 0.2) is 5.65 Å². The van der Waals surface area contributed by atoms with Gasteiger partial charge in [-0.05, 0) is 19.3 Å². The van der Waals surface area contributed by atoms with Gasteiger partial charge in [-0.2, -0.15) is 0 Å². The van der Waals surface area contributed by atoms with Gasteiger partial charge in [-0.25, -0.2) is 14.8 Å². The average Bonchev–Trinajstić information content (AvgIpc) is 3.27. The fraction of sp³-hybridized carbons (Fsp3) is 0.550. The maximum atomic E-state index is 12.9. The van der Waals surface area contributed by atoms with Crippen LogP contribution in [0, 0.1) is 0 Å². The molecule has 0 aliphatic heterocycles. The summed E-state index contributed by atoms with van der Waals surface area (Å²) in [5.41, 5.74) is -0.585. The third-order valence-corrected chi connectivity index (χ3v) is 7.57. The zero-order valence-electron chi connectivity index (χ0n) is 18.3. The van der Waals surface area contributed by atoms with Crippen LogP contribution in [0.1, 0.15) is 55.8 Å². The zero-order valence-corrected chi connectivity index (χ0v) is 19.9. The quantitative estimate of drug-likeness (QED) is 0.425. The van der Waals surface area contributed by atoms with Crippen LogP contribution < -0.4 is 16.6 Å². The number of carbonyl (C=O) groups is 1. The first-order valence-corrected chi connectivity index (χ1v) is 12.4. The number of rotatable bonds is 6. The first kappa shape index (κ1) is 22.6. The van der Waals surface area contributed by atoms with E-state index >= 15 is 0 Å². The van der Waals surface area contributed by atoms with Gasteiger partial charge in [0.2, 0.25) is 11.0 Å². The summed E-state index contributed by atoms with van der Waals surface area (Å²) in [7, 11) is 3.03. The number of anilines is 1. The maximum absolute atomic E-state index is 12.9. The molecule has 1 amide bonds. The number of hydrogen-bond acceptors (Lipinski definition) is 9. The van der Waals surface area contributed by atoms with Gasteiger partial charge >= 0.3 is 5.69 Å². The highest BCUT2D eigenvalue weighted by atomic mass is 32.2. The lowest BCUT2D eigenvalue weighted by atomic mass is 9.89. The smallest absolute Gasteiger partial charge is 0.300 e. The van der Waals surface area contributed by atoms with Gasteiger partial charge in [0.05, 0.1) is 5.75 Å². The van der Waals surface area contributed by atoms with Crippen molar-refractivity contribution in [3.8, 4) is 0 Å². The number of aryl methyl sites for hydroxylation is 2. The normalized spacial score (nSPS) is 14.7. The largest absolute Gasteiger partial charge is 0.332 e. The number of carbonyl (C=O) groups excluding carboxylic acids is 1. The monoisotopic (exact) mass is 475 g/mol. The van der Waals surface area contributed by atoms with Crippen molar-refractivity contribution in [3.63, 3.8) is 0 Å². The second-order valence-electron chi connectivity index (χ2n) is 7.82. The number of fused-ring (bicyclic) bond motifs is 1. The van der Waals surface area contributed by atoms with Crippen LogP contribution in [0.5, 0.6) is 0 Å². The van der Waals surface area contributed by atoms with Crippen molar-refractivity contribution < 1.29 is 4.79 Å². The van der Waals surface area contributed by atoms with Crippen LogP contribution in [0.15, 0.2) is 14.6 Å². The van der Waals surface area contributed by atoms with Crippen LogP contribution in [0.25, 0.3) is 11.0 Å². The summed E-state index contributed by atoms with van der Waals surface area (Å²) >= 11 is 2.50. The molecule has 1 N–H and O–H groups in total. The molecule has 1 fully saturated rings. The Morgan fingerprint density at radius 2 is 1.88 bits per heavy atom. The molecule has 1 aliphatic carbocycles. The highest BCUT2D eigenvalue weighted by molar-refractivity contribution is 8.00. The average molecular weight is 476 g/mol. The van der Waals surface area contributed by atoms with Crippen molar-refractivity contribution >= 4 is 45.2 Å². The SMILES string of the molecule is CCc1nnc(NC(=O)CSc2nc(C3CCCCC3)nc3c2c(=O)n(C)c(=O)n3C)s1. The Kier molecular flexibility index (Phi) is 6.70. The molecule has 170 valence electrons. The molecule has 1 aliphatic rings. The van der Waals surface area contributed by atoms with Crippen LogP contribution in [-0.4, -0.2) is 41.0 Å². The van der Waals surface area contributed by atoms with Gasteiger partial charge in [0, 0.05) is 20.0 Å². The summed E-state index contributed by atoms with van der Waals surface area (Å²) in [6.45, 7) is 1.97. The molecule has 4 rings (SSSR count). The molecule has 1 saturated carbocycles. The van der Waals surface area contributed by atoms with Gasteiger partial charge in [0.25, 0.3) is 5.56 Å². The molecule has 10 nitrogen and oxygen atoms in total. The summed E-state index contributed by atoms with van der Waals surface area (Å²) in [5, 5.41) is 12.7. The molecule has 3 heterocycles. The molecule has 0 bridgehead atoms. The molecule has 0 saturated heterocycles. The Balaban J connectivity index is 1.68. The molecular weight excluding hydrogens is 450 g/mol. The van der Waals surface area contributed by atoms with Crippen molar-refractivity contribution in [2.24, 2.45) is 14.1 Å². The third-order valence-electron chi connectivity index (χ3n) is 5.61. The van der Waals surface area contributed by atoms with Crippen molar-refractivity contribution in [1.82, 2.24) is 29.3 Å². The molecule has 0 unspecified atom stereocenters. The number of nitrogens with one attached hydrogen (secondary N) is 1. The van der Waals surface area contributed by atoms with Crippen molar-refractivity contribution in [2.75, 3.05) is 11.1 Å². The highest BCUT2D eigenvalue weighted by Crippen LogP contribution is 2.33. The van der Waals surface area contributed by atoms with E-state index < -0.39 is 11.2 Å². The molecule has 0 aromatic carbocycles. The predicted molar refractivity (Wildman–Crippen MR) is 124 cm³/mol. The molecule has 0 radical (unpaired) electrons. The van der Waals surface area contributed by atoms with E-state index in [1.54, 1.807) is 7.05 Å². The van der Waals surface area contributed by atoms with Crippen molar-refractivity contribution in [1.29, 1.82) is 0 Å².